The molecule has 0 radical (unpaired) electrons. The van der Waals surface area contributed by atoms with E-state index in [0.717, 1.165) is 13.1 Å². The Hall–Kier alpha value is -0.520. The van der Waals surface area contributed by atoms with Crippen molar-refractivity contribution in [3.8, 4) is 11.8 Å². The number of nitrogens with one attached hydrogen (secondary N) is 2. The Bertz CT molecular complexity index is 78.4. The Morgan fingerprint density at radius 2 is 1.38 bits per heavy atom. The van der Waals surface area contributed by atoms with E-state index >= 15 is 0 Å². The van der Waals surface area contributed by atoms with E-state index < -0.39 is 0 Å². The van der Waals surface area contributed by atoms with Gasteiger partial charge in [-0.15, -0.1) is 0 Å². The van der Waals surface area contributed by atoms with Crippen molar-refractivity contribution in [2.24, 2.45) is 0 Å². The molecule has 0 bridgehead atoms. The van der Waals surface area contributed by atoms with E-state index in [1.165, 1.54) is 0 Å². The first-order chi connectivity index (χ1) is 3.91. The topological polar surface area (TPSA) is 24.1 Å². The standard InChI is InChI=1S/C6H12N2/c1-7-5-3-4-6-8-2/h7-8H,5-6H2,1-2H3. The summed E-state index contributed by atoms with van der Waals surface area (Å²) >= 11 is 0. The summed E-state index contributed by atoms with van der Waals surface area (Å²) in [6.45, 7) is 1.56. The fourth-order valence-electron chi connectivity index (χ4n) is 0.302. The first-order valence-electron chi connectivity index (χ1n) is 2.66. The maximum atomic E-state index is 2.93. The van der Waals surface area contributed by atoms with Crippen molar-refractivity contribution in [2.75, 3.05) is 27.2 Å². The molecular weight excluding hydrogens is 100 g/mol. The van der Waals surface area contributed by atoms with Crippen LogP contribution in [0, 0.1) is 11.8 Å². The molecule has 0 aromatic heterocycles. The molecule has 0 aliphatic carbocycles. The van der Waals surface area contributed by atoms with Gasteiger partial charge in [-0.05, 0) is 14.1 Å². The molecule has 8 heavy (non-hydrogen) atoms. The van der Waals surface area contributed by atoms with Gasteiger partial charge in [0.05, 0.1) is 13.1 Å². The van der Waals surface area contributed by atoms with Gasteiger partial charge >= 0.3 is 0 Å². The minimum atomic E-state index is 0.779. The quantitative estimate of drug-likeness (QED) is 0.467. The molecule has 0 heterocycles. The highest BCUT2D eigenvalue weighted by Crippen LogP contribution is 1.50. The van der Waals surface area contributed by atoms with Crippen molar-refractivity contribution < 1.29 is 0 Å². The molecule has 0 saturated heterocycles. The van der Waals surface area contributed by atoms with E-state index in [-0.39, 0.29) is 0 Å². The normalized spacial score (nSPS) is 7.75. The monoisotopic (exact) mass is 112 g/mol. The van der Waals surface area contributed by atoms with Gasteiger partial charge in [-0.1, -0.05) is 11.8 Å². The molecule has 0 aromatic carbocycles. The molecular formula is C6H12N2. The molecule has 0 aliphatic rings. The molecule has 0 unspecified atom stereocenters. The summed E-state index contributed by atoms with van der Waals surface area (Å²) in [5, 5.41) is 5.85. The number of hydrogen-bond donors (Lipinski definition) is 2. The lowest BCUT2D eigenvalue weighted by molar-refractivity contribution is 0.921. The van der Waals surface area contributed by atoms with E-state index in [1.54, 1.807) is 0 Å². The van der Waals surface area contributed by atoms with E-state index in [2.05, 4.69) is 22.5 Å². The minimum absolute atomic E-state index is 0.779. The van der Waals surface area contributed by atoms with Crippen LogP contribution in [-0.2, 0) is 0 Å². The molecule has 2 N–H and O–H groups in total. The van der Waals surface area contributed by atoms with Crippen molar-refractivity contribution in [1.29, 1.82) is 0 Å². The maximum absolute atomic E-state index is 2.93. The molecule has 46 valence electrons. The first-order valence-corrected chi connectivity index (χ1v) is 2.66. The van der Waals surface area contributed by atoms with Crippen LogP contribution in [-0.4, -0.2) is 27.2 Å². The Kier molecular flexibility index (Phi) is 6.06. The third-order valence-electron chi connectivity index (χ3n) is 0.655. The van der Waals surface area contributed by atoms with E-state index in [4.69, 9.17) is 0 Å². The third kappa shape index (κ3) is 5.48. The molecule has 0 amide bonds. The molecule has 0 rings (SSSR count). The highest BCUT2D eigenvalue weighted by molar-refractivity contribution is 5.01. The Morgan fingerprint density at radius 3 is 1.62 bits per heavy atom. The molecule has 0 spiro atoms. The zero-order valence-corrected chi connectivity index (χ0v) is 5.41. The average Bonchev–Trinajstić information content (AvgIpc) is 1.81. The van der Waals surface area contributed by atoms with Crippen LogP contribution in [0.4, 0.5) is 0 Å². The zero-order chi connectivity index (χ0) is 6.24. The van der Waals surface area contributed by atoms with E-state index in [9.17, 15) is 0 Å². The fraction of sp³-hybridized carbons (Fsp3) is 0.667. The lowest BCUT2D eigenvalue weighted by Gasteiger charge is -1.83. The van der Waals surface area contributed by atoms with Crippen LogP contribution in [0.2, 0.25) is 0 Å². The van der Waals surface area contributed by atoms with Crippen LogP contribution >= 0.6 is 0 Å². The summed E-state index contributed by atoms with van der Waals surface area (Å²) in [6.07, 6.45) is 0. The molecule has 2 nitrogen and oxygen atoms in total. The van der Waals surface area contributed by atoms with Gasteiger partial charge in [0, 0.05) is 0 Å². The number of rotatable bonds is 2. The fourth-order valence-corrected chi connectivity index (χ4v) is 0.302. The molecule has 0 aliphatic heterocycles. The first kappa shape index (κ1) is 7.48. The van der Waals surface area contributed by atoms with Gasteiger partial charge in [0.15, 0.2) is 0 Å². The Balaban J connectivity index is 2.95. The Labute approximate surface area is 50.7 Å². The largest absolute Gasteiger partial charge is 0.309 e. The van der Waals surface area contributed by atoms with Crippen LogP contribution in [0.1, 0.15) is 0 Å². The minimum Gasteiger partial charge on any atom is -0.309 e. The molecule has 0 fully saturated rings. The zero-order valence-electron chi connectivity index (χ0n) is 5.41. The van der Waals surface area contributed by atoms with Crippen LogP contribution in [0.25, 0.3) is 0 Å². The summed E-state index contributed by atoms with van der Waals surface area (Å²) in [5.74, 6) is 5.82. The van der Waals surface area contributed by atoms with Crippen LogP contribution < -0.4 is 10.6 Å². The van der Waals surface area contributed by atoms with Crippen molar-refractivity contribution in [3.05, 3.63) is 0 Å². The molecule has 0 atom stereocenters. The number of hydrogen-bond acceptors (Lipinski definition) is 2. The van der Waals surface area contributed by atoms with E-state index in [0.29, 0.717) is 0 Å². The van der Waals surface area contributed by atoms with Gasteiger partial charge in [0.2, 0.25) is 0 Å². The maximum Gasteiger partial charge on any atom is 0.0574 e. The SMILES string of the molecule is CNCC#CCNC. The lowest BCUT2D eigenvalue weighted by atomic mass is 10.5. The smallest absolute Gasteiger partial charge is 0.0574 e. The third-order valence-corrected chi connectivity index (χ3v) is 0.655. The van der Waals surface area contributed by atoms with Gasteiger partial charge in [-0.3, -0.25) is 0 Å². The van der Waals surface area contributed by atoms with E-state index in [1.807, 2.05) is 14.1 Å². The lowest BCUT2D eigenvalue weighted by Crippen LogP contribution is -2.07. The van der Waals surface area contributed by atoms with Gasteiger partial charge in [0.25, 0.3) is 0 Å². The second kappa shape index (κ2) is 6.48. The van der Waals surface area contributed by atoms with Crippen LogP contribution in [0.5, 0.6) is 0 Å². The highest BCUT2D eigenvalue weighted by Gasteiger charge is 1.66. The molecule has 0 aromatic rings. The van der Waals surface area contributed by atoms with Gasteiger partial charge in [0.1, 0.15) is 0 Å². The second-order valence-electron chi connectivity index (χ2n) is 1.41. The highest BCUT2D eigenvalue weighted by atomic mass is 14.8. The van der Waals surface area contributed by atoms with Crippen molar-refractivity contribution >= 4 is 0 Å². The van der Waals surface area contributed by atoms with Crippen LogP contribution in [0.15, 0.2) is 0 Å². The van der Waals surface area contributed by atoms with Crippen molar-refractivity contribution in [3.63, 3.8) is 0 Å². The van der Waals surface area contributed by atoms with Crippen molar-refractivity contribution in [2.45, 2.75) is 0 Å². The van der Waals surface area contributed by atoms with Gasteiger partial charge < -0.3 is 10.6 Å². The second-order valence-corrected chi connectivity index (χ2v) is 1.41. The van der Waals surface area contributed by atoms with Crippen LogP contribution in [0.3, 0.4) is 0 Å². The van der Waals surface area contributed by atoms with Gasteiger partial charge in [-0.2, -0.15) is 0 Å². The van der Waals surface area contributed by atoms with Crippen molar-refractivity contribution in [1.82, 2.24) is 10.6 Å². The summed E-state index contributed by atoms with van der Waals surface area (Å²) in [4.78, 5) is 0. The molecule has 2 heteroatoms. The average molecular weight is 112 g/mol. The van der Waals surface area contributed by atoms with Gasteiger partial charge in [-0.25, -0.2) is 0 Å². The Morgan fingerprint density at radius 1 is 1.00 bits per heavy atom. The summed E-state index contributed by atoms with van der Waals surface area (Å²) in [5.41, 5.74) is 0. The summed E-state index contributed by atoms with van der Waals surface area (Å²) < 4.78 is 0. The molecule has 0 saturated carbocycles. The predicted octanol–water partition coefficient (Wildman–Crippen LogP) is -0.571. The summed E-state index contributed by atoms with van der Waals surface area (Å²) in [7, 11) is 3.77. The summed E-state index contributed by atoms with van der Waals surface area (Å²) in [6, 6.07) is 0. The predicted molar refractivity (Wildman–Crippen MR) is 35.6 cm³/mol.